The van der Waals surface area contributed by atoms with Gasteiger partial charge in [0.05, 0.1) is 25.8 Å². The molecule has 0 aliphatic rings. The van der Waals surface area contributed by atoms with Crippen molar-refractivity contribution in [1.29, 1.82) is 0 Å². The van der Waals surface area contributed by atoms with Gasteiger partial charge in [-0.2, -0.15) is 0 Å². The van der Waals surface area contributed by atoms with Crippen LogP contribution in [0, 0.1) is 0 Å². The number of hydrogen-bond donors (Lipinski definition) is 1. The lowest BCUT2D eigenvalue weighted by Crippen LogP contribution is -2.31. The summed E-state index contributed by atoms with van der Waals surface area (Å²) in [7, 11) is 1.60. The Balaban J connectivity index is 1.52. The number of nitrogens with zero attached hydrogens (tertiary/aromatic N) is 2. The van der Waals surface area contributed by atoms with Gasteiger partial charge in [0.1, 0.15) is 11.6 Å². The van der Waals surface area contributed by atoms with E-state index in [9.17, 15) is 9.90 Å². The number of thiazole rings is 1. The fourth-order valence-corrected chi connectivity index (χ4v) is 4.39. The molecule has 1 aromatic heterocycles. The number of rotatable bonds is 11. The maximum Gasteiger partial charge on any atom is 0.227 e. The second kappa shape index (κ2) is 12.1. The van der Waals surface area contributed by atoms with Crippen molar-refractivity contribution in [2.45, 2.75) is 32.7 Å². The molecule has 0 atom stereocenters. The minimum absolute atomic E-state index is 0.0534. The monoisotopic (exact) mass is 488 g/mol. The van der Waals surface area contributed by atoms with Crippen LogP contribution in [0.2, 0.25) is 0 Å². The first-order valence-corrected chi connectivity index (χ1v) is 12.2. The number of amides is 1. The smallest absolute Gasteiger partial charge is 0.227 e. The lowest BCUT2D eigenvalue weighted by molar-refractivity contribution is -0.131. The summed E-state index contributed by atoms with van der Waals surface area (Å²) >= 11 is 1.44. The molecule has 0 bridgehead atoms. The molecule has 1 N–H and O–H groups in total. The predicted molar refractivity (Wildman–Crippen MR) is 136 cm³/mol. The highest BCUT2D eigenvalue weighted by atomic mass is 32.1. The van der Waals surface area contributed by atoms with Gasteiger partial charge in [0.2, 0.25) is 5.91 Å². The van der Waals surface area contributed by atoms with E-state index in [0.717, 1.165) is 21.7 Å². The maximum absolute atomic E-state index is 13.3. The van der Waals surface area contributed by atoms with Crippen molar-refractivity contribution in [3.63, 3.8) is 0 Å². The number of methoxy groups -OCH3 is 1. The van der Waals surface area contributed by atoms with Gasteiger partial charge in [0, 0.05) is 18.5 Å². The average Bonchev–Trinajstić information content (AvgIpc) is 3.36. The van der Waals surface area contributed by atoms with Crippen molar-refractivity contribution in [3.05, 3.63) is 112 Å². The second-order valence-electron chi connectivity index (χ2n) is 8.06. The summed E-state index contributed by atoms with van der Waals surface area (Å²) < 4.78 is 11.5. The zero-order valence-electron chi connectivity index (χ0n) is 19.6. The fraction of sp³-hybridized carbons (Fsp3) is 0.214. The highest BCUT2D eigenvalue weighted by molar-refractivity contribution is 7.09. The number of ether oxygens (including phenoxy) is 2. The van der Waals surface area contributed by atoms with Gasteiger partial charge < -0.3 is 19.5 Å². The van der Waals surface area contributed by atoms with Crippen molar-refractivity contribution in [3.8, 4) is 11.5 Å². The van der Waals surface area contributed by atoms with Crippen LogP contribution in [0.5, 0.6) is 11.5 Å². The molecule has 0 aliphatic heterocycles. The van der Waals surface area contributed by atoms with Gasteiger partial charge in [-0.15, -0.1) is 11.3 Å². The van der Waals surface area contributed by atoms with Crippen molar-refractivity contribution in [2.75, 3.05) is 7.11 Å². The summed E-state index contributed by atoms with van der Waals surface area (Å²) in [5.74, 6) is 1.25. The van der Waals surface area contributed by atoms with Crippen molar-refractivity contribution >= 4 is 17.2 Å². The van der Waals surface area contributed by atoms with E-state index >= 15 is 0 Å². The molecule has 0 spiro atoms. The molecule has 4 aromatic rings. The van der Waals surface area contributed by atoms with E-state index in [1.54, 1.807) is 7.11 Å². The van der Waals surface area contributed by atoms with Crippen LogP contribution >= 0.6 is 11.3 Å². The summed E-state index contributed by atoms with van der Waals surface area (Å²) in [5, 5.41) is 11.8. The van der Waals surface area contributed by atoms with E-state index in [0.29, 0.717) is 36.7 Å². The van der Waals surface area contributed by atoms with Crippen LogP contribution in [0.3, 0.4) is 0 Å². The molecule has 0 saturated carbocycles. The minimum Gasteiger partial charge on any atom is -0.493 e. The molecule has 3 aromatic carbocycles. The molecule has 6 nitrogen and oxygen atoms in total. The summed E-state index contributed by atoms with van der Waals surface area (Å²) in [6, 6.07) is 25.5. The van der Waals surface area contributed by atoms with Crippen LogP contribution in [0.15, 0.2) is 84.2 Å². The van der Waals surface area contributed by atoms with E-state index in [2.05, 4.69) is 4.98 Å². The Bertz CT molecular complexity index is 1230. The van der Waals surface area contributed by atoms with E-state index in [1.807, 2.05) is 89.1 Å². The Morgan fingerprint density at radius 1 is 0.914 bits per heavy atom. The lowest BCUT2D eigenvalue weighted by Gasteiger charge is -2.24. The molecule has 0 unspecified atom stereocenters. The first-order chi connectivity index (χ1) is 17.1. The van der Waals surface area contributed by atoms with Gasteiger partial charge in [0.15, 0.2) is 11.5 Å². The van der Waals surface area contributed by atoms with Gasteiger partial charge in [-0.05, 0) is 28.8 Å². The lowest BCUT2D eigenvalue weighted by atomic mass is 10.1. The van der Waals surface area contributed by atoms with Crippen molar-refractivity contribution < 1.29 is 19.4 Å². The first kappa shape index (κ1) is 24.4. The second-order valence-corrected chi connectivity index (χ2v) is 9.01. The van der Waals surface area contributed by atoms with Gasteiger partial charge in [-0.25, -0.2) is 4.98 Å². The predicted octanol–water partition coefficient (Wildman–Crippen LogP) is 4.99. The quantitative estimate of drug-likeness (QED) is 0.322. The number of carbonyl (C=O) groups is 1. The molecule has 7 heteroatoms. The van der Waals surface area contributed by atoms with Crippen LogP contribution in [0.4, 0.5) is 0 Å². The third-order valence-electron chi connectivity index (χ3n) is 5.48. The summed E-state index contributed by atoms with van der Waals surface area (Å²) in [5.41, 5.74) is 3.62. The van der Waals surface area contributed by atoms with E-state index in [4.69, 9.17) is 9.47 Å². The Labute approximate surface area is 209 Å². The van der Waals surface area contributed by atoms with E-state index < -0.39 is 0 Å². The molecule has 4 rings (SSSR count). The molecule has 0 saturated heterocycles. The Morgan fingerprint density at radius 2 is 1.60 bits per heavy atom. The number of carbonyl (C=O) groups excluding carboxylic acids is 1. The number of benzene rings is 3. The third kappa shape index (κ3) is 6.91. The van der Waals surface area contributed by atoms with Crippen LogP contribution in [0.1, 0.15) is 27.4 Å². The zero-order valence-corrected chi connectivity index (χ0v) is 20.4. The summed E-state index contributed by atoms with van der Waals surface area (Å²) in [6.07, 6.45) is 0.338. The van der Waals surface area contributed by atoms with Crippen LogP contribution in [0.25, 0.3) is 0 Å². The zero-order chi connectivity index (χ0) is 24.5. The standard InChI is InChI=1S/C28H28N2O4S/c1-33-25-13-12-23(14-26(25)34-19-27-29-24(18-31)20-35-27)17-30(16-22-10-6-3-7-11-22)28(32)15-21-8-4-2-5-9-21/h2-14,20,31H,15-19H2,1H3. The summed E-state index contributed by atoms with van der Waals surface area (Å²) in [6.45, 7) is 1.12. The molecule has 35 heavy (non-hydrogen) atoms. The Morgan fingerprint density at radius 3 is 2.26 bits per heavy atom. The van der Waals surface area contributed by atoms with Crippen LogP contribution in [-0.4, -0.2) is 28.0 Å². The largest absolute Gasteiger partial charge is 0.493 e. The maximum atomic E-state index is 13.3. The van der Waals surface area contributed by atoms with Gasteiger partial charge >= 0.3 is 0 Å². The molecule has 0 fully saturated rings. The molecule has 180 valence electrons. The summed E-state index contributed by atoms with van der Waals surface area (Å²) in [4.78, 5) is 19.5. The van der Waals surface area contributed by atoms with Gasteiger partial charge in [-0.1, -0.05) is 66.7 Å². The first-order valence-electron chi connectivity index (χ1n) is 11.3. The highest BCUT2D eigenvalue weighted by Gasteiger charge is 2.17. The van der Waals surface area contributed by atoms with Crippen molar-refractivity contribution in [1.82, 2.24) is 9.88 Å². The fourth-order valence-electron chi connectivity index (χ4n) is 3.70. The minimum atomic E-state index is -0.0937. The molecule has 1 heterocycles. The SMILES string of the molecule is COc1ccc(CN(Cc2ccccc2)C(=O)Cc2ccccc2)cc1OCc1nc(CO)cs1. The average molecular weight is 489 g/mol. The molecule has 1 amide bonds. The number of hydrogen-bond acceptors (Lipinski definition) is 6. The molecule has 0 aliphatic carbocycles. The van der Waals surface area contributed by atoms with E-state index in [1.165, 1.54) is 11.3 Å². The Hall–Kier alpha value is -3.68. The number of aliphatic hydroxyl groups is 1. The molecule has 0 radical (unpaired) electrons. The van der Waals surface area contributed by atoms with Gasteiger partial charge in [-0.3, -0.25) is 4.79 Å². The topological polar surface area (TPSA) is 71.9 Å². The van der Waals surface area contributed by atoms with E-state index in [-0.39, 0.29) is 19.1 Å². The number of aliphatic hydroxyl groups excluding tert-OH is 1. The normalized spacial score (nSPS) is 10.7. The third-order valence-corrected chi connectivity index (χ3v) is 6.35. The number of aromatic nitrogens is 1. The highest BCUT2D eigenvalue weighted by Crippen LogP contribution is 2.30. The van der Waals surface area contributed by atoms with Crippen molar-refractivity contribution in [2.24, 2.45) is 0 Å². The van der Waals surface area contributed by atoms with Gasteiger partial charge in [0.25, 0.3) is 0 Å². The molecular formula is C28H28N2O4S. The van der Waals surface area contributed by atoms with Crippen LogP contribution < -0.4 is 9.47 Å². The molecular weight excluding hydrogens is 460 g/mol. The Kier molecular flexibility index (Phi) is 8.48. The van der Waals surface area contributed by atoms with Crippen LogP contribution in [-0.2, 0) is 37.5 Å².